The number of aromatic amines is 1. The average molecular weight is 598 g/mol. The van der Waals surface area contributed by atoms with Gasteiger partial charge in [0.2, 0.25) is 11.8 Å². The van der Waals surface area contributed by atoms with Crippen molar-refractivity contribution in [1.29, 1.82) is 0 Å². The van der Waals surface area contributed by atoms with Gasteiger partial charge in [-0.1, -0.05) is 23.5 Å². The maximum atomic E-state index is 13.5. The van der Waals surface area contributed by atoms with Crippen molar-refractivity contribution in [3.8, 4) is 5.75 Å². The normalized spacial score (nSPS) is 31.7. The minimum absolute atomic E-state index is 0.0214. The number of fused-ring (bicyclic) bond motifs is 9. The number of rotatable bonds is 7. The van der Waals surface area contributed by atoms with Crippen LogP contribution in [0.15, 0.2) is 34.1 Å². The first kappa shape index (κ1) is 26.8. The van der Waals surface area contributed by atoms with E-state index in [1.165, 1.54) is 16.2 Å². The summed E-state index contributed by atoms with van der Waals surface area (Å²) in [5.74, 6) is -2.06. The van der Waals surface area contributed by atoms with Gasteiger partial charge in [-0.25, -0.2) is 0 Å². The third-order valence-electron chi connectivity index (χ3n) is 9.65. The zero-order valence-corrected chi connectivity index (χ0v) is 24.0. The lowest BCUT2D eigenvalue weighted by Crippen LogP contribution is -2.42. The first-order valence-electron chi connectivity index (χ1n) is 14.3. The van der Waals surface area contributed by atoms with Gasteiger partial charge in [-0.05, 0) is 61.1 Å². The first-order valence-corrected chi connectivity index (χ1v) is 16.0. The molecule has 2 saturated carbocycles. The second-order valence-corrected chi connectivity index (χ2v) is 13.9. The number of nitrogens with zero attached hydrogens (tertiary/aromatic N) is 2. The Balaban J connectivity index is 1.18. The number of hydrogen-bond donors (Lipinski definition) is 2. The lowest BCUT2D eigenvalue weighted by Gasteiger charge is -2.43. The van der Waals surface area contributed by atoms with Gasteiger partial charge in [0.25, 0.3) is 5.91 Å². The van der Waals surface area contributed by atoms with E-state index in [9.17, 15) is 24.0 Å². The Morgan fingerprint density at radius 1 is 1.05 bits per heavy atom. The van der Waals surface area contributed by atoms with Crippen molar-refractivity contribution in [3.63, 3.8) is 0 Å². The van der Waals surface area contributed by atoms with Crippen molar-refractivity contribution in [3.05, 3.63) is 44.4 Å². The molecule has 3 aliphatic heterocycles. The molecule has 4 fully saturated rings. The van der Waals surface area contributed by atoms with Crippen LogP contribution in [0.1, 0.15) is 48.5 Å². The Morgan fingerprint density at radius 2 is 1.80 bits per heavy atom. The highest BCUT2D eigenvalue weighted by Crippen LogP contribution is 2.68. The molecule has 10 nitrogen and oxygen atoms in total. The van der Waals surface area contributed by atoms with Crippen LogP contribution in [-0.2, 0) is 19.2 Å². The molecule has 4 heterocycles. The predicted molar refractivity (Wildman–Crippen MR) is 150 cm³/mol. The number of thioether (sulfide) groups is 1. The van der Waals surface area contributed by atoms with Crippen LogP contribution in [0.4, 0.5) is 0 Å². The van der Waals surface area contributed by atoms with Gasteiger partial charge in [-0.15, -0.1) is 11.8 Å². The summed E-state index contributed by atoms with van der Waals surface area (Å²) in [6.45, 7) is 1.40. The number of imide groups is 1. The number of likely N-dealkylation sites (tertiary alicyclic amines) is 2. The molecule has 1 aromatic carbocycles. The maximum Gasteiger partial charge on any atom is 0.305 e. The van der Waals surface area contributed by atoms with E-state index in [1.54, 1.807) is 11.8 Å². The lowest BCUT2D eigenvalue weighted by molar-refractivity contribution is -0.142. The summed E-state index contributed by atoms with van der Waals surface area (Å²) < 4.78 is 5.96. The van der Waals surface area contributed by atoms with E-state index in [2.05, 4.69) is 4.98 Å². The Kier molecular flexibility index (Phi) is 6.72. The van der Waals surface area contributed by atoms with Crippen LogP contribution in [0.25, 0.3) is 0 Å². The smallest absolute Gasteiger partial charge is 0.305 e. The quantitative estimate of drug-likeness (QED) is 0.465. The van der Waals surface area contributed by atoms with Crippen molar-refractivity contribution in [2.45, 2.75) is 48.3 Å². The van der Waals surface area contributed by atoms with Crippen LogP contribution < -0.4 is 9.61 Å². The topological polar surface area (TPSA) is 137 Å². The second-order valence-electron chi connectivity index (χ2n) is 11.7. The lowest BCUT2D eigenvalue weighted by atomic mass is 9.68. The Labute approximate surface area is 244 Å². The summed E-state index contributed by atoms with van der Waals surface area (Å²) in [5, 5.41) is 10.0. The van der Waals surface area contributed by atoms with Crippen molar-refractivity contribution in [2.75, 3.05) is 26.2 Å². The van der Waals surface area contributed by atoms with Gasteiger partial charge in [0.05, 0.1) is 23.3 Å². The predicted octanol–water partition coefficient (Wildman–Crippen LogP) is 2.78. The van der Waals surface area contributed by atoms with Crippen LogP contribution in [0.5, 0.6) is 5.75 Å². The van der Waals surface area contributed by atoms with Crippen LogP contribution >= 0.6 is 23.1 Å². The van der Waals surface area contributed by atoms with Gasteiger partial charge in [0, 0.05) is 35.7 Å². The number of aromatic nitrogens is 1. The van der Waals surface area contributed by atoms with Gasteiger partial charge >= 0.3 is 10.8 Å². The standard InChI is InChI=1S/C29H31N3O7S2/c33-18(31-8-2-1-3-9-31)13-39-15-6-4-5-14(11-15)20-21-16-12-17(24(21)40-26-25(20)41-29(38)30-26)23-22(16)27(36)32(28(23)37)10-7-19(34)35/h4-6,11,16-17,20-24H,1-3,7-10,12-13H2,(H,30,38)(H,34,35)/t16?,17?,20-,21?,22?,23?,24?/m1/s1. The third-order valence-corrected chi connectivity index (χ3v) is 12.2. The monoisotopic (exact) mass is 597 g/mol. The number of ether oxygens (including phenoxy) is 1. The molecule has 1 aromatic heterocycles. The fourth-order valence-corrected chi connectivity index (χ4v) is 10.9. The number of amides is 3. The van der Waals surface area contributed by atoms with Crippen molar-refractivity contribution in [2.24, 2.45) is 29.6 Å². The third kappa shape index (κ3) is 4.41. The first-order chi connectivity index (χ1) is 19.8. The molecule has 7 atom stereocenters. The molecule has 6 unspecified atom stereocenters. The number of carboxylic acids is 1. The van der Waals surface area contributed by atoms with Gasteiger partial charge < -0.3 is 19.7 Å². The number of carbonyl (C=O) groups excluding carboxylic acids is 3. The molecule has 41 heavy (non-hydrogen) atoms. The number of thiazole rings is 1. The van der Waals surface area contributed by atoms with Crippen LogP contribution in [0.2, 0.25) is 0 Å². The van der Waals surface area contributed by atoms with Gasteiger partial charge in [-0.2, -0.15) is 0 Å². The number of benzene rings is 1. The minimum atomic E-state index is -1.04. The largest absolute Gasteiger partial charge is 0.484 e. The Morgan fingerprint density at radius 3 is 2.56 bits per heavy atom. The van der Waals surface area contributed by atoms with Crippen molar-refractivity contribution < 1.29 is 29.0 Å². The van der Waals surface area contributed by atoms with Crippen molar-refractivity contribution >= 4 is 46.8 Å². The van der Waals surface area contributed by atoms with Crippen molar-refractivity contribution in [1.82, 2.24) is 14.8 Å². The summed E-state index contributed by atoms with van der Waals surface area (Å²) in [5.41, 5.74) is 0.961. The number of H-pyrrole nitrogens is 1. The molecule has 2 bridgehead atoms. The van der Waals surface area contributed by atoms with Gasteiger partial charge in [0.1, 0.15) is 5.75 Å². The highest BCUT2D eigenvalue weighted by Gasteiger charge is 2.69. The van der Waals surface area contributed by atoms with E-state index in [0.717, 1.165) is 54.2 Å². The van der Waals surface area contributed by atoms with E-state index in [1.807, 2.05) is 29.2 Å². The van der Waals surface area contributed by atoms with Crippen LogP contribution in [0, 0.1) is 29.6 Å². The molecule has 7 rings (SSSR count). The summed E-state index contributed by atoms with van der Waals surface area (Å²) in [6, 6.07) is 7.68. The molecule has 3 amide bonds. The molecule has 2 saturated heterocycles. The number of carbonyl (C=O) groups is 4. The van der Waals surface area contributed by atoms with E-state index < -0.39 is 17.8 Å². The molecule has 12 heteroatoms. The van der Waals surface area contributed by atoms with E-state index >= 15 is 0 Å². The number of hydrogen-bond acceptors (Lipinski definition) is 8. The van der Waals surface area contributed by atoms with E-state index in [4.69, 9.17) is 9.84 Å². The number of carboxylic acid groups (broad SMARTS) is 1. The molecule has 2 aromatic rings. The van der Waals surface area contributed by atoms with Crippen LogP contribution in [-0.4, -0.2) is 75.1 Å². The number of aliphatic carboxylic acids is 1. The number of piperidine rings is 1. The molecule has 5 aliphatic rings. The Hall–Kier alpha value is -3.12. The summed E-state index contributed by atoms with van der Waals surface area (Å²) in [6.07, 6.45) is 3.67. The zero-order chi connectivity index (χ0) is 28.4. The fourth-order valence-electron chi connectivity index (χ4n) is 8.06. The molecular weight excluding hydrogens is 566 g/mol. The molecule has 216 valence electrons. The summed E-state index contributed by atoms with van der Waals surface area (Å²) >= 11 is 2.80. The highest BCUT2D eigenvalue weighted by atomic mass is 32.2. The average Bonchev–Trinajstić information content (AvgIpc) is 3.70. The molecule has 2 aliphatic carbocycles. The van der Waals surface area contributed by atoms with Gasteiger partial charge in [-0.3, -0.25) is 28.9 Å². The SMILES string of the molecule is O=C(O)CCN1C(=O)C2C3CC(C2C1=O)C1C3Sc2[nH]c(=O)sc2[C@@H]1c1cccc(OCC(=O)N2CCCCC2)c1. The summed E-state index contributed by atoms with van der Waals surface area (Å²) in [7, 11) is 0. The van der Waals surface area contributed by atoms with E-state index in [0.29, 0.717) is 5.75 Å². The maximum absolute atomic E-state index is 13.5. The zero-order valence-electron chi connectivity index (χ0n) is 22.3. The second kappa shape index (κ2) is 10.3. The fraction of sp³-hybridized carbons (Fsp3) is 0.552. The molecule has 2 N–H and O–H groups in total. The highest BCUT2D eigenvalue weighted by molar-refractivity contribution is 8.00. The molecule has 0 spiro atoms. The molecular formula is C29H31N3O7S2. The summed E-state index contributed by atoms with van der Waals surface area (Å²) in [4.78, 5) is 70.1. The van der Waals surface area contributed by atoms with Gasteiger partial charge in [0.15, 0.2) is 6.61 Å². The number of nitrogens with one attached hydrogen (secondary N) is 1. The molecule has 0 radical (unpaired) electrons. The minimum Gasteiger partial charge on any atom is -0.484 e. The Bertz CT molecular complexity index is 1480. The van der Waals surface area contributed by atoms with E-state index in [-0.39, 0.29) is 71.1 Å². The van der Waals surface area contributed by atoms with Crippen LogP contribution in [0.3, 0.4) is 0 Å².